The van der Waals surface area contributed by atoms with Gasteiger partial charge < -0.3 is 24.6 Å². The lowest BCUT2D eigenvalue weighted by Gasteiger charge is -2.37. The van der Waals surface area contributed by atoms with E-state index in [4.69, 9.17) is 14.2 Å². The molecular weight excluding hydrogens is 538 g/mol. The summed E-state index contributed by atoms with van der Waals surface area (Å²) in [6, 6.07) is 33.0. The van der Waals surface area contributed by atoms with Gasteiger partial charge in [-0.1, -0.05) is 92.7 Å². The Morgan fingerprint density at radius 3 is 1.72 bits per heavy atom. The third kappa shape index (κ3) is 7.64. The molecule has 0 aliphatic rings. The van der Waals surface area contributed by atoms with E-state index in [0.717, 1.165) is 40.2 Å². The average Bonchev–Trinajstić information content (AvgIpc) is 3.05. The molecule has 0 spiro atoms. The number of methoxy groups -OCH3 is 2. The normalized spacial score (nSPS) is 12.9. The maximum atomic E-state index is 13.3. The zero-order valence-electron chi connectivity index (χ0n) is 25.7. The molecule has 2 N–H and O–H groups in total. The van der Waals surface area contributed by atoms with Gasteiger partial charge >= 0.3 is 0 Å². The smallest absolute Gasteiger partial charge is 0.227 e. The molecule has 6 nitrogen and oxygen atoms in total. The quantitative estimate of drug-likeness (QED) is 0.167. The minimum Gasteiger partial charge on any atom is -0.497 e. The molecule has 43 heavy (non-hydrogen) atoms. The van der Waals surface area contributed by atoms with Gasteiger partial charge in [-0.25, -0.2) is 0 Å². The first-order valence-electron chi connectivity index (χ1n) is 14.8. The molecule has 4 aromatic rings. The first-order valence-corrected chi connectivity index (χ1v) is 14.8. The Labute approximate surface area is 255 Å². The van der Waals surface area contributed by atoms with Crippen LogP contribution in [0.15, 0.2) is 103 Å². The van der Waals surface area contributed by atoms with Gasteiger partial charge in [0.1, 0.15) is 17.1 Å². The van der Waals surface area contributed by atoms with Crippen LogP contribution in [0.2, 0.25) is 0 Å². The molecule has 4 aromatic carbocycles. The zero-order chi connectivity index (χ0) is 30.8. The Morgan fingerprint density at radius 1 is 0.744 bits per heavy atom. The highest BCUT2D eigenvalue weighted by Gasteiger charge is 2.38. The van der Waals surface area contributed by atoms with E-state index in [0.29, 0.717) is 5.92 Å². The lowest BCUT2D eigenvalue weighted by atomic mass is 9.80. The van der Waals surface area contributed by atoms with Crippen LogP contribution in [0.5, 0.6) is 11.5 Å². The van der Waals surface area contributed by atoms with E-state index in [1.165, 1.54) is 5.56 Å². The molecule has 2 unspecified atom stereocenters. The number of nitrogens with one attached hydrogen (secondary N) is 1. The van der Waals surface area contributed by atoms with Gasteiger partial charge in [-0.3, -0.25) is 4.79 Å². The van der Waals surface area contributed by atoms with Gasteiger partial charge in [-0.05, 0) is 71.3 Å². The van der Waals surface area contributed by atoms with Crippen molar-refractivity contribution in [3.63, 3.8) is 0 Å². The highest BCUT2D eigenvalue weighted by atomic mass is 16.5. The molecule has 0 fully saturated rings. The molecule has 226 valence electrons. The molecule has 0 bridgehead atoms. The lowest BCUT2D eigenvalue weighted by Crippen LogP contribution is -2.45. The number of carbonyl (C=O) groups excluding carboxylic acids is 1. The van der Waals surface area contributed by atoms with Crippen LogP contribution in [0.25, 0.3) is 0 Å². The van der Waals surface area contributed by atoms with Crippen molar-refractivity contribution in [2.75, 3.05) is 27.4 Å². The van der Waals surface area contributed by atoms with Crippen molar-refractivity contribution in [2.24, 2.45) is 5.92 Å². The fourth-order valence-corrected chi connectivity index (χ4v) is 5.33. The Kier molecular flexibility index (Phi) is 11.0. The summed E-state index contributed by atoms with van der Waals surface area (Å²) in [5.74, 6) is 1.47. The molecule has 0 heterocycles. The second-order valence-corrected chi connectivity index (χ2v) is 11.3. The predicted molar refractivity (Wildman–Crippen MR) is 171 cm³/mol. The third-order valence-corrected chi connectivity index (χ3v) is 7.76. The largest absolute Gasteiger partial charge is 0.497 e. The Morgan fingerprint density at radius 2 is 1.26 bits per heavy atom. The second kappa shape index (κ2) is 14.9. The van der Waals surface area contributed by atoms with Crippen molar-refractivity contribution in [3.8, 4) is 11.5 Å². The first-order chi connectivity index (χ1) is 20.8. The van der Waals surface area contributed by atoms with Crippen molar-refractivity contribution < 1.29 is 24.1 Å². The van der Waals surface area contributed by atoms with Crippen LogP contribution in [0.1, 0.15) is 54.5 Å². The molecule has 0 saturated heterocycles. The van der Waals surface area contributed by atoms with Crippen molar-refractivity contribution >= 4 is 5.91 Å². The van der Waals surface area contributed by atoms with Crippen molar-refractivity contribution in [2.45, 2.75) is 44.8 Å². The van der Waals surface area contributed by atoms with E-state index in [-0.39, 0.29) is 25.0 Å². The molecule has 0 aliphatic carbocycles. The minimum atomic E-state index is -1.05. The topological polar surface area (TPSA) is 77.0 Å². The number of benzene rings is 4. The fourth-order valence-electron chi connectivity index (χ4n) is 5.33. The van der Waals surface area contributed by atoms with Gasteiger partial charge in [-0.15, -0.1) is 0 Å². The molecule has 0 aromatic heterocycles. The first kappa shape index (κ1) is 31.8. The molecule has 2 atom stereocenters. The summed E-state index contributed by atoms with van der Waals surface area (Å²) in [4.78, 5) is 13.3. The number of amides is 1. The summed E-state index contributed by atoms with van der Waals surface area (Å²) in [5.41, 5.74) is 3.80. The van der Waals surface area contributed by atoms with Crippen LogP contribution in [-0.4, -0.2) is 44.5 Å². The molecule has 0 saturated carbocycles. The SMILES string of the molecule is COc1ccc(C(OCC(CO)NC(=O)C(C)c2ccc(CC(C)C)cc2)(c2ccccc2)c2ccc(OC)cc2)cc1. The molecule has 0 aliphatic heterocycles. The van der Waals surface area contributed by atoms with Crippen molar-refractivity contribution in [3.05, 3.63) is 131 Å². The van der Waals surface area contributed by atoms with Gasteiger partial charge in [0.05, 0.1) is 39.4 Å². The number of rotatable bonds is 14. The Hall–Kier alpha value is -4.13. The maximum absolute atomic E-state index is 13.3. The van der Waals surface area contributed by atoms with E-state index < -0.39 is 11.6 Å². The predicted octanol–water partition coefficient (Wildman–Crippen LogP) is 6.49. The average molecular weight is 582 g/mol. The van der Waals surface area contributed by atoms with E-state index in [2.05, 4.69) is 31.3 Å². The van der Waals surface area contributed by atoms with E-state index in [1.807, 2.05) is 97.9 Å². The molecular formula is C37H43NO5. The lowest BCUT2D eigenvalue weighted by molar-refractivity contribution is -0.124. The summed E-state index contributed by atoms with van der Waals surface area (Å²) in [6.07, 6.45) is 0.996. The van der Waals surface area contributed by atoms with Crippen LogP contribution in [0.3, 0.4) is 0 Å². The summed E-state index contributed by atoms with van der Waals surface area (Å²) >= 11 is 0. The van der Waals surface area contributed by atoms with Gasteiger partial charge in [0.25, 0.3) is 0 Å². The van der Waals surface area contributed by atoms with Crippen molar-refractivity contribution in [1.82, 2.24) is 5.32 Å². The van der Waals surface area contributed by atoms with Crippen molar-refractivity contribution in [1.29, 1.82) is 0 Å². The summed E-state index contributed by atoms with van der Waals surface area (Å²) in [7, 11) is 3.27. The monoisotopic (exact) mass is 581 g/mol. The highest BCUT2D eigenvalue weighted by Crippen LogP contribution is 2.41. The molecule has 1 amide bonds. The summed E-state index contributed by atoms with van der Waals surface area (Å²) in [5, 5.41) is 13.4. The minimum absolute atomic E-state index is 0.0647. The van der Waals surface area contributed by atoms with Gasteiger partial charge in [0.15, 0.2) is 0 Å². The van der Waals surface area contributed by atoms with Crippen LogP contribution in [0, 0.1) is 5.92 Å². The number of ether oxygens (including phenoxy) is 3. The molecule has 0 radical (unpaired) electrons. The maximum Gasteiger partial charge on any atom is 0.227 e. The third-order valence-electron chi connectivity index (χ3n) is 7.76. The number of hydrogen-bond donors (Lipinski definition) is 2. The van der Waals surface area contributed by atoms with Crippen LogP contribution < -0.4 is 14.8 Å². The van der Waals surface area contributed by atoms with Crippen LogP contribution in [-0.2, 0) is 21.6 Å². The van der Waals surface area contributed by atoms with E-state index in [1.54, 1.807) is 14.2 Å². The zero-order valence-corrected chi connectivity index (χ0v) is 25.7. The highest BCUT2D eigenvalue weighted by molar-refractivity contribution is 5.83. The number of aliphatic hydroxyl groups is 1. The Bertz CT molecular complexity index is 1370. The second-order valence-electron chi connectivity index (χ2n) is 11.3. The van der Waals surface area contributed by atoms with E-state index >= 15 is 0 Å². The van der Waals surface area contributed by atoms with Gasteiger partial charge in [0, 0.05) is 0 Å². The van der Waals surface area contributed by atoms with Gasteiger partial charge in [-0.2, -0.15) is 0 Å². The summed E-state index contributed by atoms with van der Waals surface area (Å²) < 4.78 is 17.7. The summed E-state index contributed by atoms with van der Waals surface area (Å²) in [6.45, 7) is 6.05. The fraction of sp³-hybridized carbons (Fsp3) is 0.324. The number of aliphatic hydroxyl groups excluding tert-OH is 1. The molecule has 6 heteroatoms. The van der Waals surface area contributed by atoms with Crippen LogP contribution in [0.4, 0.5) is 0 Å². The molecule has 4 rings (SSSR count). The number of carbonyl (C=O) groups is 1. The Balaban J connectivity index is 1.63. The van der Waals surface area contributed by atoms with Crippen LogP contribution >= 0.6 is 0 Å². The number of hydrogen-bond acceptors (Lipinski definition) is 5. The van der Waals surface area contributed by atoms with E-state index in [9.17, 15) is 9.90 Å². The standard InChI is InChI=1S/C37H43NO5/c1-26(2)23-28-11-13-29(14-12-28)27(3)36(40)38-33(24-39)25-43-37(30-9-7-6-8-10-30,31-15-19-34(41-4)20-16-31)32-17-21-35(42-5)22-18-32/h6-22,26-27,33,39H,23-25H2,1-5H3,(H,38,40). The van der Waals surface area contributed by atoms with Gasteiger partial charge in [0.2, 0.25) is 5.91 Å².